The first-order chi connectivity index (χ1) is 8.49. The molecule has 0 bridgehead atoms. The van der Waals surface area contributed by atoms with Crippen molar-refractivity contribution in [1.82, 2.24) is 4.72 Å². The van der Waals surface area contributed by atoms with E-state index in [1.165, 1.54) is 0 Å². The number of sulfonamides is 1. The van der Waals surface area contributed by atoms with Crippen LogP contribution >= 0.6 is 0 Å². The molecule has 6 heteroatoms. The molecule has 0 saturated heterocycles. The Bertz CT molecular complexity index is 488. The molecule has 0 amide bonds. The van der Waals surface area contributed by atoms with E-state index in [9.17, 15) is 8.42 Å². The Labute approximate surface area is 108 Å². The van der Waals surface area contributed by atoms with Crippen LogP contribution in [-0.4, -0.2) is 19.7 Å². The molecular weight excluding hydrogens is 252 g/mol. The molecule has 1 rings (SSSR count). The van der Waals surface area contributed by atoms with Gasteiger partial charge in [-0.3, -0.25) is 0 Å². The van der Waals surface area contributed by atoms with Crippen molar-refractivity contribution in [1.29, 1.82) is 5.26 Å². The summed E-state index contributed by atoms with van der Waals surface area (Å²) < 4.78 is 31.3. The molecule has 0 aliphatic rings. The fraction of sp³-hybridized carbons (Fsp3) is 0.583. The van der Waals surface area contributed by atoms with Crippen molar-refractivity contribution in [3.05, 3.63) is 24.2 Å². The van der Waals surface area contributed by atoms with Gasteiger partial charge in [0.25, 0.3) is 0 Å². The fourth-order valence-electron chi connectivity index (χ4n) is 1.62. The Balaban J connectivity index is 2.49. The van der Waals surface area contributed by atoms with E-state index in [0.717, 1.165) is 5.76 Å². The maximum atomic E-state index is 11.8. The largest absolute Gasteiger partial charge is 0.469 e. The van der Waals surface area contributed by atoms with Crippen molar-refractivity contribution in [2.75, 3.05) is 0 Å². The zero-order chi connectivity index (χ0) is 13.6. The second-order valence-electron chi connectivity index (χ2n) is 4.21. The van der Waals surface area contributed by atoms with Gasteiger partial charge in [-0.15, -0.1) is 0 Å². The van der Waals surface area contributed by atoms with E-state index in [1.807, 2.05) is 6.07 Å². The highest BCUT2D eigenvalue weighted by Gasteiger charge is 2.24. The summed E-state index contributed by atoms with van der Waals surface area (Å²) in [7, 11) is -3.55. The summed E-state index contributed by atoms with van der Waals surface area (Å²) in [6.45, 7) is 3.46. The van der Waals surface area contributed by atoms with Gasteiger partial charge in [0.15, 0.2) is 5.25 Å². The molecule has 1 aromatic rings. The van der Waals surface area contributed by atoms with E-state index in [-0.39, 0.29) is 12.5 Å². The van der Waals surface area contributed by atoms with Crippen molar-refractivity contribution < 1.29 is 12.8 Å². The molecule has 0 spiro atoms. The van der Waals surface area contributed by atoms with Crippen LogP contribution in [0.25, 0.3) is 0 Å². The number of aryl methyl sites for hydroxylation is 1. The van der Waals surface area contributed by atoms with Crippen LogP contribution in [0.5, 0.6) is 0 Å². The summed E-state index contributed by atoms with van der Waals surface area (Å²) in [4.78, 5) is 0. The van der Waals surface area contributed by atoms with E-state index >= 15 is 0 Å². The number of nitriles is 1. The molecule has 0 fully saturated rings. The third-order valence-electron chi connectivity index (χ3n) is 2.66. The minimum atomic E-state index is -3.55. The number of hydrogen-bond acceptors (Lipinski definition) is 4. The summed E-state index contributed by atoms with van der Waals surface area (Å²) in [5, 5.41) is 7.79. The molecular formula is C12H18N2O3S. The van der Waals surface area contributed by atoms with Gasteiger partial charge in [0.05, 0.1) is 12.3 Å². The topological polar surface area (TPSA) is 83.1 Å². The maximum absolute atomic E-state index is 11.8. The van der Waals surface area contributed by atoms with Crippen molar-refractivity contribution in [2.24, 2.45) is 0 Å². The van der Waals surface area contributed by atoms with Crippen LogP contribution in [0, 0.1) is 11.3 Å². The van der Waals surface area contributed by atoms with Crippen LogP contribution in [0.1, 0.15) is 32.4 Å². The number of nitrogens with one attached hydrogen (secondary N) is 1. The lowest BCUT2D eigenvalue weighted by molar-refractivity contribution is 0.479. The molecule has 0 radical (unpaired) electrons. The predicted octanol–water partition coefficient (Wildman–Crippen LogP) is 1.82. The first kappa shape index (κ1) is 14.7. The second-order valence-corrected chi connectivity index (χ2v) is 6.10. The van der Waals surface area contributed by atoms with Crippen LogP contribution in [-0.2, 0) is 16.4 Å². The molecule has 18 heavy (non-hydrogen) atoms. The van der Waals surface area contributed by atoms with Gasteiger partial charge in [-0.25, -0.2) is 13.1 Å². The molecule has 0 aliphatic heterocycles. The average Bonchev–Trinajstić information content (AvgIpc) is 2.79. The van der Waals surface area contributed by atoms with Crippen molar-refractivity contribution in [3.63, 3.8) is 0 Å². The molecule has 1 N–H and O–H groups in total. The van der Waals surface area contributed by atoms with Gasteiger partial charge < -0.3 is 4.42 Å². The monoisotopic (exact) mass is 270 g/mol. The van der Waals surface area contributed by atoms with Gasteiger partial charge >= 0.3 is 0 Å². The van der Waals surface area contributed by atoms with Crippen LogP contribution in [0.4, 0.5) is 0 Å². The first-order valence-electron chi connectivity index (χ1n) is 5.92. The smallest absolute Gasteiger partial charge is 0.228 e. The van der Waals surface area contributed by atoms with Crippen LogP contribution in [0.15, 0.2) is 22.8 Å². The molecule has 0 saturated carbocycles. The van der Waals surface area contributed by atoms with Crippen LogP contribution in [0.3, 0.4) is 0 Å². The minimum Gasteiger partial charge on any atom is -0.469 e. The lowest BCUT2D eigenvalue weighted by Gasteiger charge is -2.15. The summed E-state index contributed by atoms with van der Waals surface area (Å²) in [5.41, 5.74) is 0. The lowest BCUT2D eigenvalue weighted by Crippen LogP contribution is -2.39. The third kappa shape index (κ3) is 4.17. The standard InChI is InChI=1S/C12H18N2O3S/c1-3-12(9-13)18(15,16)14-10(2)6-7-11-5-4-8-17-11/h4-5,8,10,12,14H,3,6-7H2,1-2H3. The molecule has 0 aliphatic carbocycles. The van der Waals surface area contributed by atoms with E-state index in [2.05, 4.69) is 4.72 Å². The number of rotatable bonds is 7. The molecule has 5 nitrogen and oxygen atoms in total. The molecule has 1 heterocycles. The molecule has 100 valence electrons. The third-order valence-corrected chi connectivity index (χ3v) is 4.58. The van der Waals surface area contributed by atoms with Crippen LogP contribution in [0.2, 0.25) is 0 Å². The summed E-state index contributed by atoms with van der Waals surface area (Å²) in [6.07, 6.45) is 3.18. The Hall–Kier alpha value is -1.32. The Morgan fingerprint density at radius 2 is 2.28 bits per heavy atom. The van der Waals surface area contributed by atoms with E-state index in [0.29, 0.717) is 12.8 Å². The Morgan fingerprint density at radius 1 is 1.56 bits per heavy atom. The highest BCUT2D eigenvalue weighted by Crippen LogP contribution is 2.09. The van der Waals surface area contributed by atoms with Gasteiger partial charge in [-0.2, -0.15) is 5.26 Å². The molecule has 2 atom stereocenters. The SMILES string of the molecule is CCC(C#N)S(=O)(=O)NC(C)CCc1ccco1. The molecule has 1 aromatic heterocycles. The molecule has 2 unspecified atom stereocenters. The van der Waals surface area contributed by atoms with Gasteiger partial charge in [0.2, 0.25) is 10.0 Å². The van der Waals surface area contributed by atoms with Gasteiger partial charge in [0, 0.05) is 12.5 Å². The van der Waals surface area contributed by atoms with Crippen molar-refractivity contribution >= 4 is 10.0 Å². The number of furan rings is 1. The van der Waals surface area contributed by atoms with Crippen LogP contribution < -0.4 is 4.72 Å². The fourth-order valence-corrected chi connectivity index (χ4v) is 3.04. The second kappa shape index (κ2) is 6.57. The summed E-state index contributed by atoms with van der Waals surface area (Å²) in [5.74, 6) is 0.827. The summed E-state index contributed by atoms with van der Waals surface area (Å²) in [6, 6.07) is 5.23. The van der Waals surface area contributed by atoms with E-state index in [1.54, 1.807) is 32.2 Å². The zero-order valence-electron chi connectivity index (χ0n) is 10.6. The first-order valence-corrected chi connectivity index (χ1v) is 7.47. The quantitative estimate of drug-likeness (QED) is 0.819. The van der Waals surface area contributed by atoms with Crippen molar-refractivity contribution in [3.8, 4) is 6.07 Å². The highest BCUT2D eigenvalue weighted by molar-refractivity contribution is 7.90. The number of hydrogen-bond donors (Lipinski definition) is 1. The van der Waals surface area contributed by atoms with E-state index < -0.39 is 15.3 Å². The highest BCUT2D eigenvalue weighted by atomic mass is 32.2. The Kier molecular flexibility index (Phi) is 5.38. The van der Waals surface area contributed by atoms with Gasteiger partial charge in [-0.05, 0) is 31.9 Å². The number of nitrogens with zero attached hydrogens (tertiary/aromatic N) is 1. The van der Waals surface area contributed by atoms with E-state index in [4.69, 9.17) is 9.68 Å². The zero-order valence-corrected chi connectivity index (χ0v) is 11.4. The summed E-state index contributed by atoms with van der Waals surface area (Å²) >= 11 is 0. The lowest BCUT2D eigenvalue weighted by atomic mass is 10.2. The van der Waals surface area contributed by atoms with Gasteiger partial charge in [-0.1, -0.05) is 6.92 Å². The van der Waals surface area contributed by atoms with Gasteiger partial charge in [0.1, 0.15) is 5.76 Å². The average molecular weight is 270 g/mol. The van der Waals surface area contributed by atoms with Crippen molar-refractivity contribution in [2.45, 2.75) is 44.4 Å². The normalized spacial score (nSPS) is 14.9. The molecule has 0 aromatic carbocycles. The minimum absolute atomic E-state index is 0.220. The Morgan fingerprint density at radius 3 is 2.78 bits per heavy atom. The maximum Gasteiger partial charge on any atom is 0.228 e. The predicted molar refractivity (Wildman–Crippen MR) is 68.2 cm³/mol.